The van der Waals surface area contributed by atoms with Gasteiger partial charge in [-0.25, -0.2) is 0 Å². The normalized spacial score (nSPS) is 11.6. The lowest BCUT2D eigenvalue weighted by Crippen LogP contribution is -2.05. The third-order valence-corrected chi connectivity index (χ3v) is 5.51. The number of thioether (sulfide) groups is 1. The van der Waals surface area contributed by atoms with Crippen molar-refractivity contribution < 1.29 is 13.2 Å². The predicted octanol–water partition coefficient (Wildman–Crippen LogP) is 5.70. The molecule has 4 aromatic rings. The molecule has 2 aromatic carbocycles. The zero-order chi connectivity index (χ0) is 21.0. The maximum atomic E-state index is 12.8. The second-order valence-electron chi connectivity index (χ2n) is 6.60. The molecular formula is C22H17F3N4S. The number of hydrogen-bond donors (Lipinski definition) is 0. The number of hydrogen-bond acceptors (Lipinski definition) is 4. The first kappa shape index (κ1) is 20.2. The summed E-state index contributed by atoms with van der Waals surface area (Å²) in [4.78, 5) is 4.16. The maximum Gasteiger partial charge on any atom is 0.416 e. The Morgan fingerprint density at radius 1 is 0.833 bits per heavy atom. The van der Waals surface area contributed by atoms with E-state index in [2.05, 4.69) is 15.2 Å². The van der Waals surface area contributed by atoms with Gasteiger partial charge < -0.3 is 0 Å². The third-order valence-electron chi connectivity index (χ3n) is 4.47. The first-order valence-corrected chi connectivity index (χ1v) is 10.2. The molecule has 0 aliphatic heterocycles. The molecule has 8 heteroatoms. The highest BCUT2D eigenvalue weighted by molar-refractivity contribution is 7.98. The van der Waals surface area contributed by atoms with E-state index in [4.69, 9.17) is 0 Å². The standard InChI is InChI=1S/C22H17F3N4S/c23-22(24,25)19-10-8-17(9-11-19)15-30-21-28-27-20(18-7-4-12-26-13-18)29(21)14-16-5-2-1-3-6-16/h1-13H,14-15H2. The van der Waals surface area contributed by atoms with E-state index in [0.717, 1.165) is 28.8 Å². The summed E-state index contributed by atoms with van der Waals surface area (Å²) in [7, 11) is 0. The molecule has 0 amide bonds. The Bertz CT molecular complexity index is 1090. The SMILES string of the molecule is FC(F)(F)c1ccc(CSc2nnc(-c3cccnc3)n2Cc2ccccc2)cc1. The summed E-state index contributed by atoms with van der Waals surface area (Å²) in [6, 6.07) is 18.9. The van der Waals surface area contributed by atoms with Crippen LogP contribution in [0.3, 0.4) is 0 Å². The Morgan fingerprint density at radius 3 is 2.27 bits per heavy atom. The van der Waals surface area contributed by atoms with E-state index >= 15 is 0 Å². The first-order chi connectivity index (χ1) is 14.5. The van der Waals surface area contributed by atoms with Gasteiger partial charge in [-0.05, 0) is 35.4 Å². The molecule has 0 fully saturated rings. The van der Waals surface area contributed by atoms with Crippen molar-refractivity contribution in [3.8, 4) is 11.4 Å². The van der Waals surface area contributed by atoms with Crippen LogP contribution in [0.15, 0.2) is 84.3 Å². The van der Waals surface area contributed by atoms with Crippen molar-refractivity contribution in [3.05, 3.63) is 95.8 Å². The van der Waals surface area contributed by atoms with Crippen LogP contribution in [0.5, 0.6) is 0 Å². The molecule has 30 heavy (non-hydrogen) atoms. The number of pyridine rings is 1. The van der Waals surface area contributed by atoms with Gasteiger partial charge in [0.15, 0.2) is 11.0 Å². The average molecular weight is 426 g/mol. The Hall–Kier alpha value is -3.13. The summed E-state index contributed by atoms with van der Waals surface area (Å²) in [6.45, 7) is 0.577. The van der Waals surface area contributed by atoms with Crippen LogP contribution in [0.2, 0.25) is 0 Å². The molecule has 0 saturated carbocycles. The van der Waals surface area contributed by atoms with Gasteiger partial charge in [-0.1, -0.05) is 54.2 Å². The summed E-state index contributed by atoms with van der Waals surface area (Å²) < 4.78 is 40.3. The minimum atomic E-state index is -4.33. The van der Waals surface area contributed by atoms with Crippen molar-refractivity contribution in [2.45, 2.75) is 23.6 Å². The van der Waals surface area contributed by atoms with Gasteiger partial charge in [0.25, 0.3) is 0 Å². The molecule has 0 atom stereocenters. The van der Waals surface area contributed by atoms with Gasteiger partial charge in [0, 0.05) is 23.7 Å². The second-order valence-corrected chi connectivity index (χ2v) is 7.55. The molecule has 0 spiro atoms. The molecule has 0 aliphatic carbocycles. The van der Waals surface area contributed by atoms with Gasteiger partial charge in [0.2, 0.25) is 0 Å². The third kappa shape index (κ3) is 4.71. The van der Waals surface area contributed by atoms with Gasteiger partial charge in [-0.15, -0.1) is 10.2 Å². The molecule has 4 rings (SSSR count). The number of nitrogens with zero attached hydrogens (tertiary/aromatic N) is 4. The fraction of sp³-hybridized carbons (Fsp3) is 0.136. The van der Waals surface area contributed by atoms with Crippen LogP contribution in [0.25, 0.3) is 11.4 Å². The van der Waals surface area contributed by atoms with Crippen LogP contribution < -0.4 is 0 Å². The maximum absolute atomic E-state index is 12.8. The zero-order valence-corrected chi connectivity index (χ0v) is 16.6. The number of halogens is 3. The highest BCUT2D eigenvalue weighted by Crippen LogP contribution is 2.31. The fourth-order valence-corrected chi connectivity index (χ4v) is 3.84. The highest BCUT2D eigenvalue weighted by Gasteiger charge is 2.29. The second kappa shape index (κ2) is 8.71. The fourth-order valence-electron chi connectivity index (χ4n) is 2.95. The molecule has 0 bridgehead atoms. The molecule has 2 heterocycles. The Labute approximate surface area is 175 Å². The molecule has 4 nitrogen and oxygen atoms in total. The van der Waals surface area contributed by atoms with Gasteiger partial charge in [-0.2, -0.15) is 13.2 Å². The first-order valence-electron chi connectivity index (χ1n) is 9.17. The smallest absolute Gasteiger partial charge is 0.297 e. The summed E-state index contributed by atoms with van der Waals surface area (Å²) in [5.41, 5.74) is 2.08. The van der Waals surface area contributed by atoms with Crippen molar-refractivity contribution in [3.63, 3.8) is 0 Å². The molecule has 0 N–H and O–H groups in total. The number of aromatic nitrogens is 4. The summed E-state index contributed by atoms with van der Waals surface area (Å²) in [5.74, 6) is 1.18. The molecule has 0 saturated heterocycles. The minimum Gasteiger partial charge on any atom is -0.297 e. The topological polar surface area (TPSA) is 43.6 Å². The number of rotatable bonds is 6. The quantitative estimate of drug-likeness (QED) is 0.371. The minimum absolute atomic E-state index is 0.484. The summed E-state index contributed by atoms with van der Waals surface area (Å²) in [6.07, 6.45) is -0.905. The molecule has 0 radical (unpaired) electrons. The van der Waals surface area contributed by atoms with E-state index < -0.39 is 11.7 Å². The molecule has 0 aliphatic rings. The molecule has 152 valence electrons. The summed E-state index contributed by atoms with van der Waals surface area (Å²) >= 11 is 1.44. The zero-order valence-electron chi connectivity index (χ0n) is 15.8. The van der Waals surface area contributed by atoms with Crippen molar-refractivity contribution >= 4 is 11.8 Å². The van der Waals surface area contributed by atoms with Gasteiger partial charge in [0.05, 0.1) is 12.1 Å². The van der Waals surface area contributed by atoms with E-state index in [1.807, 2.05) is 47.0 Å². The van der Waals surface area contributed by atoms with Gasteiger partial charge >= 0.3 is 6.18 Å². The largest absolute Gasteiger partial charge is 0.416 e. The van der Waals surface area contributed by atoms with Crippen molar-refractivity contribution in [2.75, 3.05) is 0 Å². The van der Waals surface area contributed by atoms with Crippen molar-refractivity contribution in [1.29, 1.82) is 0 Å². The highest BCUT2D eigenvalue weighted by atomic mass is 32.2. The number of benzene rings is 2. The predicted molar refractivity (Wildman–Crippen MR) is 110 cm³/mol. The van der Waals surface area contributed by atoms with E-state index in [1.165, 1.54) is 23.9 Å². The van der Waals surface area contributed by atoms with E-state index in [0.29, 0.717) is 23.3 Å². The van der Waals surface area contributed by atoms with E-state index in [-0.39, 0.29) is 0 Å². The lowest BCUT2D eigenvalue weighted by atomic mass is 10.1. The van der Waals surface area contributed by atoms with Crippen molar-refractivity contribution in [2.24, 2.45) is 0 Å². The van der Waals surface area contributed by atoms with E-state index in [1.54, 1.807) is 12.4 Å². The average Bonchev–Trinajstić information content (AvgIpc) is 3.15. The van der Waals surface area contributed by atoms with Crippen LogP contribution in [-0.2, 0) is 18.5 Å². The molecule has 0 unspecified atom stereocenters. The van der Waals surface area contributed by atoms with Crippen LogP contribution in [0, 0.1) is 0 Å². The number of alkyl halides is 3. The van der Waals surface area contributed by atoms with Crippen LogP contribution in [0.4, 0.5) is 13.2 Å². The lowest BCUT2D eigenvalue weighted by molar-refractivity contribution is -0.137. The molecule has 2 aromatic heterocycles. The van der Waals surface area contributed by atoms with Crippen LogP contribution >= 0.6 is 11.8 Å². The Kier molecular flexibility index (Phi) is 5.85. The monoisotopic (exact) mass is 426 g/mol. The van der Waals surface area contributed by atoms with E-state index in [9.17, 15) is 13.2 Å². The van der Waals surface area contributed by atoms with Gasteiger partial charge in [0.1, 0.15) is 0 Å². The van der Waals surface area contributed by atoms with Crippen LogP contribution in [0.1, 0.15) is 16.7 Å². The summed E-state index contributed by atoms with van der Waals surface area (Å²) in [5, 5.41) is 9.37. The lowest BCUT2D eigenvalue weighted by Gasteiger charge is -2.11. The molecular weight excluding hydrogens is 409 g/mol. The Balaban J connectivity index is 1.59. The van der Waals surface area contributed by atoms with Gasteiger partial charge in [-0.3, -0.25) is 9.55 Å². The van der Waals surface area contributed by atoms with Crippen LogP contribution in [-0.4, -0.2) is 19.7 Å². The Morgan fingerprint density at radius 2 is 1.60 bits per heavy atom. The van der Waals surface area contributed by atoms with Crippen molar-refractivity contribution in [1.82, 2.24) is 19.7 Å².